The van der Waals surface area contributed by atoms with Crippen molar-refractivity contribution in [2.75, 3.05) is 11.9 Å². The van der Waals surface area contributed by atoms with E-state index in [4.69, 9.17) is 5.26 Å². The standard InChI is InChI=1S/C12H12N4O4/c13-5-8-4-9(16(19)20)6-14-10(8)15-7-12(11(17)18)2-1-3-12/h4,6H,1-3,7H2,(H,14,15)(H,17,18). The Morgan fingerprint density at radius 2 is 2.35 bits per heavy atom. The van der Waals surface area contributed by atoms with Crippen LogP contribution >= 0.6 is 0 Å². The number of nitrogens with one attached hydrogen (secondary N) is 1. The Balaban J connectivity index is 2.16. The molecule has 0 radical (unpaired) electrons. The molecule has 1 saturated carbocycles. The minimum Gasteiger partial charge on any atom is -0.481 e. The maximum Gasteiger partial charge on any atom is 0.311 e. The lowest BCUT2D eigenvalue weighted by atomic mass is 9.69. The zero-order valence-corrected chi connectivity index (χ0v) is 10.5. The van der Waals surface area contributed by atoms with Crippen LogP contribution in [0.5, 0.6) is 0 Å². The molecule has 1 aromatic heterocycles. The average molecular weight is 276 g/mol. The van der Waals surface area contributed by atoms with E-state index in [9.17, 15) is 20.0 Å². The molecule has 1 aromatic rings. The summed E-state index contributed by atoms with van der Waals surface area (Å²) in [5, 5.41) is 31.6. The molecule has 2 rings (SSSR count). The van der Waals surface area contributed by atoms with E-state index in [1.165, 1.54) is 0 Å². The summed E-state index contributed by atoms with van der Waals surface area (Å²) in [4.78, 5) is 25.0. The van der Waals surface area contributed by atoms with Crippen LogP contribution in [0.3, 0.4) is 0 Å². The van der Waals surface area contributed by atoms with Crippen LogP contribution in [-0.4, -0.2) is 27.5 Å². The van der Waals surface area contributed by atoms with Crippen molar-refractivity contribution in [2.45, 2.75) is 19.3 Å². The highest BCUT2D eigenvalue weighted by Gasteiger charge is 2.44. The number of carboxylic acids is 1. The summed E-state index contributed by atoms with van der Waals surface area (Å²) in [6, 6.07) is 2.93. The van der Waals surface area contributed by atoms with Crippen molar-refractivity contribution in [3.8, 4) is 6.07 Å². The summed E-state index contributed by atoms with van der Waals surface area (Å²) in [7, 11) is 0. The smallest absolute Gasteiger partial charge is 0.311 e. The van der Waals surface area contributed by atoms with Gasteiger partial charge in [0.1, 0.15) is 23.6 Å². The van der Waals surface area contributed by atoms with Crippen molar-refractivity contribution in [1.29, 1.82) is 5.26 Å². The molecule has 0 bridgehead atoms. The van der Waals surface area contributed by atoms with Gasteiger partial charge in [0, 0.05) is 12.6 Å². The zero-order valence-electron chi connectivity index (χ0n) is 10.5. The molecule has 0 unspecified atom stereocenters. The van der Waals surface area contributed by atoms with Gasteiger partial charge in [-0.3, -0.25) is 14.9 Å². The van der Waals surface area contributed by atoms with Crippen LogP contribution in [0.25, 0.3) is 0 Å². The Morgan fingerprint density at radius 3 is 2.80 bits per heavy atom. The first-order valence-corrected chi connectivity index (χ1v) is 6.00. The molecular formula is C12H12N4O4. The highest BCUT2D eigenvalue weighted by molar-refractivity contribution is 5.76. The average Bonchev–Trinajstić information content (AvgIpc) is 2.36. The Labute approximate surface area is 114 Å². The van der Waals surface area contributed by atoms with Crippen LogP contribution in [0.15, 0.2) is 12.3 Å². The number of carboxylic acid groups (broad SMARTS) is 1. The lowest BCUT2D eigenvalue weighted by Gasteiger charge is -2.37. The number of hydrogen-bond donors (Lipinski definition) is 2. The van der Waals surface area contributed by atoms with Gasteiger partial charge in [-0.15, -0.1) is 0 Å². The maximum absolute atomic E-state index is 11.2. The van der Waals surface area contributed by atoms with Gasteiger partial charge in [-0.1, -0.05) is 6.42 Å². The molecule has 1 aliphatic carbocycles. The highest BCUT2D eigenvalue weighted by Crippen LogP contribution is 2.41. The van der Waals surface area contributed by atoms with E-state index in [1.807, 2.05) is 6.07 Å². The Hall–Kier alpha value is -2.69. The normalized spacial score (nSPS) is 15.8. The third kappa shape index (κ3) is 2.38. The van der Waals surface area contributed by atoms with E-state index in [2.05, 4.69) is 10.3 Å². The van der Waals surface area contributed by atoms with Crippen LogP contribution in [0.4, 0.5) is 11.5 Å². The molecule has 0 saturated heterocycles. The molecule has 0 amide bonds. The van der Waals surface area contributed by atoms with E-state index < -0.39 is 16.3 Å². The molecule has 8 heteroatoms. The summed E-state index contributed by atoms with van der Waals surface area (Å²) in [6.07, 6.45) is 3.04. The first-order valence-electron chi connectivity index (χ1n) is 6.00. The Kier molecular flexibility index (Phi) is 3.52. The number of nitriles is 1. The third-order valence-corrected chi connectivity index (χ3v) is 3.56. The van der Waals surface area contributed by atoms with Gasteiger partial charge in [-0.2, -0.15) is 5.26 Å². The monoisotopic (exact) mass is 276 g/mol. The van der Waals surface area contributed by atoms with Gasteiger partial charge >= 0.3 is 5.97 Å². The van der Waals surface area contributed by atoms with E-state index in [1.54, 1.807) is 0 Å². The fraction of sp³-hybridized carbons (Fsp3) is 0.417. The second kappa shape index (κ2) is 5.13. The first kappa shape index (κ1) is 13.7. The molecule has 0 atom stereocenters. The van der Waals surface area contributed by atoms with Gasteiger partial charge in [0.05, 0.1) is 10.3 Å². The van der Waals surface area contributed by atoms with Crippen LogP contribution < -0.4 is 5.32 Å². The predicted molar refractivity (Wildman–Crippen MR) is 68.0 cm³/mol. The van der Waals surface area contributed by atoms with E-state index in [0.717, 1.165) is 18.7 Å². The molecule has 2 N–H and O–H groups in total. The fourth-order valence-corrected chi connectivity index (χ4v) is 2.10. The lowest BCUT2D eigenvalue weighted by molar-refractivity contribution is -0.385. The topological polar surface area (TPSA) is 129 Å². The first-order chi connectivity index (χ1) is 9.48. The minimum atomic E-state index is -0.878. The largest absolute Gasteiger partial charge is 0.481 e. The molecular weight excluding hydrogens is 264 g/mol. The van der Waals surface area contributed by atoms with Crippen LogP contribution in [0.2, 0.25) is 0 Å². The molecule has 1 heterocycles. The Morgan fingerprint density at radius 1 is 1.65 bits per heavy atom. The predicted octanol–water partition coefficient (Wildman–Crippen LogP) is 1.53. The second-order valence-corrected chi connectivity index (χ2v) is 4.75. The van der Waals surface area contributed by atoms with Crippen molar-refractivity contribution in [3.63, 3.8) is 0 Å². The number of pyridine rings is 1. The molecule has 1 fully saturated rings. The van der Waals surface area contributed by atoms with Crippen molar-refractivity contribution >= 4 is 17.5 Å². The van der Waals surface area contributed by atoms with Crippen LogP contribution in [0, 0.1) is 26.9 Å². The number of aromatic nitrogens is 1. The molecule has 1 aliphatic rings. The summed E-state index contributed by atoms with van der Waals surface area (Å²) >= 11 is 0. The van der Waals surface area contributed by atoms with Crippen molar-refractivity contribution in [3.05, 3.63) is 27.9 Å². The summed E-state index contributed by atoms with van der Waals surface area (Å²) in [6.45, 7) is 0.155. The molecule has 0 aromatic carbocycles. The number of rotatable bonds is 5. The molecule has 0 spiro atoms. The van der Waals surface area contributed by atoms with Crippen molar-refractivity contribution in [2.24, 2.45) is 5.41 Å². The van der Waals surface area contributed by atoms with Gasteiger partial charge < -0.3 is 10.4 Å². The highest BCUT2D eigenvalue weighted by atomic mass is 16.6. The molecule has 8 nitrogen and oxygen atoms in total. The number of aliphatic carboxylic acids is 1. The quantitative estimate of drug-likeness (QED) is 0.616. The number of anilines is 1. The van der Waals surface area contributed by atoms with Gasteiger partial charge in [0.15, 0.2) is 0 Å². The zero-order chi connectivity index (χ0) is 14.8. The van der Waals surface area contributed by atoms with Crippen molar-refractivity contribution < 1.29 is 14.8 Å². The lowest BCUT2D eigenvalue weighted by Crippen LogP contribution is -2.43. The van der Waals surface area contributed by atoms with Gasteiger partial charge in [-0.25, -0.2) is 4.98 Å². The van der Waals surface area contributed by atoms with E-state index >= 15 is 0 Å². The number of nitro groups is 1. The number of carbonyl (C=O) groups is 1. The molecule has 104 valence electrons. The Bertz CT molecular complexity index is 604. The number of hydrogen-bond acceptors (Lipinski definition) is 6. The van der Waals surface area contributed by atoms with Crippen LogP contribution in [-0.2, 0) is 4.79 Å². The summed E-state index contributed by atoms with van der Waals surface area (Å²) in [5.74, 6) is -0.706. The minimum absolute atomic E-state index is 0.0269. The summed E-state index contributed by atoms with van der Waals surface area (Å²) < 4.78 is 0. The number of nitrogens with zero attached hydrogens (tertiary/aromatic N) is 3. The SMILES string of the molecule is N#Cc1cc([N+](=O)[O-])cnc1NCC1(C(=O)O)CCC1. The van der Waals surface area contributed by atoms with Gasteiger partial charge in [0.25, 0.3) is 5.69 Å². The van der Waals surface area contributed by atoms with Crippen molar-refractivity contribution in [1.82, 2.24) is 4.98 Å². The summed E-state index contributed by atoms with van der Waals surface area (Å²) in [5.41, 5.74) is -1.07. The van der Waals surface area contributed by atoms with E-state index in [-0.39, 0.29) is 23.6 Å². The third-order valence-electron chi connectivity index (χ3n) is 3.56. The van der Waals surface area contributed by atoms with E-state index in [0.29, 0.717) is 12.8 Å². The fourth-order valence-electron chi connectivity index (χ4n) is 2.10. The molecule has 0 aliphatic heterocycles. The van der Waals surface area contributed by atoms with Gasteiger partial charge in [0.2, 0.25) is 0 Å². The van der Waals surface area contributed by atoms with Crippen LogP contribution in [0.1, 0.15) is 24.8 Å². The maximum atomic E-state index is 11.2. The second-order valence-electron chi connectivity index (χ2n) is 4.75. The van der Waals surface area contributed by atoms with Gasteiger partial charge in [-0.05, 0) is 12.8 Å². The molecule has 20 heavy (non-hydrogen) atoms.